The Bertz CT molecular complexity index is 978. The van der Waals surface area contributed by atoms with E-state index < -0.39 is 18.0 Å². The van der Waals surface area contributed by atoms with Crippen LogP contribution in [0.25, 0.3) is 11.0 Å². The summed E-state index contributed by atoms with van der Waals surface area (Å²) in [6, 6.07) is 9.89. The van der Waals surface area contributed by atoms with E-state index in [1.807, 2.05) is 0 Å². The minimum atomic E-state index is -1.49. The van der Waals surface area contributed by atoms with E-state index in [4.69, 9.17) is 10.2 Å². The molecule has 3 rings (SSSR count). The van der Waals surface area contributed by atoms with E-state index in [0.717, 1.165) is 0 Å². The first-order valence-electron chi connectivity index (χ1n) is 7.45. The van der Waals surface area contributed by atoms with Crippen LogP contribution in [0.15, 0.2) is 46.9 Å². The highest BCUT2D eigenvalue weighted by Crippen LogP contribution is 2.34. The first-order valence-corrected chi connectivity index (χ1v) is 7.45. The third-order valence-electron chi connectivity index (χ3n) is 3.72. The number of furan rings is 1. The number of carbonyl (C=O) groups excluding carboxylic acids is 2. The maximum atomic E-state index is 13.5. The highest BCUT2D eigenvalue weighted by atomic mass is 19.1. The topological polar surface area (TPSA) is 106 Å². The van der Waals surface area contributed by atoms with Crippen LogP contribution < -0.4 is 11.1 Å². The van der Waals surface area contributed by atoms with Crippen LogP contribution in [0.3, 0.4) is 0 Å². The zero-order valence-electron chi connectivity index (χ0n) is 13.2. The lowest BCUT2D eigenvalue weighted by Crippen LogP contribution is -2.16. The minimum absolute atomic E-state index is 0.0859. The molecule has 1 amide bonds. The molecule has 25 heavy (non-hydrogen) atoms. The molecule has 1 unspecified atom stereocenters. The third kappa shape index (κ3) is 3.28. The Balaban J connectivity index is 2.03. The summed E-state index contributed by atoms with van der Waals surface area (Å²) in [6.45, 7) is 1.40. The number of carbonyl (C=O) groups is 2. The molecule has 1 aromatic heterocycles. The summed E-state index contributed by atoms with van der Waals surface area (Å²) in [7, 11) is 0. The molecule has 0 aliphatic rings. The van der Waals surface area contributed by atoms with Crippen molar-refractivity contribution in [1.29, 1.82) is 0 Å². The Kier molecular flexibility index (Phi) is 4.35. The van der Waals surface area contributed by atoms with Crippen LogP contribution in [0.5, 0.6) is 0 Å². The number of nitrogens with one attached hydrogen (secondary N) is 1. The van der Waals surface area contributed by atoms with Crippen molar-refractivity contribution in [3.8, 4) is 0 Å². The van der Waals surface area contributed by atoms with Crippen molar-refractivity contribution in [2.24, 2.45) is 5.73 Å². The van der Waals surface area contributed by atoms with Crippen LogP contribution in [0.1, 0.15) is 39.6 Å². The van der Waals surface area contributed by atoms with Crippen LogP contribution in [-0.4, -0.2) is 16.8 Å². The first kappa shape index (κ1) is 16.8. The van der Waals surface area contributed by atoms with Gasteiger partial charge in [0.25, 0.3) is 5.91 Å². The van der Waals surface area contributed by atoms with Crippen LogP contribution in [0.2, 0.25) is 0 Å². The van der Waals surface area contributed by atoms with E-state index in [0.29, 0.717) is 5.56 Å². The van der Waals surface area contributed by atoms with Crippen molar-refractivity contribution in [2.45, 2.75) is 13.2 Å². The fourth-order valence-corrected chi connectivity index (χ4v) is 2.49. The molecule has 128 valence electrons. The highest BCUT2D eigenvalue weighted by molar-refractivity contribution is 6.10. The number of aliphatic hydroxyl groups excluding tert-OH is 1. The maximum Gasteiger partial charge on any atom is 0.255 e. The lowest BCUT2D eigenvalue weighted by atomic mass is 10.1. The molecular weight excluding hydrogens is 327 g/mol. The summed E-state index contributed by atoms with van der Waals surface area (Å²) < 4.78 is 18.9. The second-order valence-electron chi connectivity index (χ2n) is 5.52. The number of ketones is 1. The summed E-state index contributed by atoms with van der Waals surface area (Å²) in [5.74, 6) is -1.34. The largest absolute Gasteiger partial charge is 0.455 e. The predicted octanol–water partition coefficient (Wildman–Crippen LogP) is 2.98. The minimum Gasteiger partial charge on any atom is -0.455 e. The summed E-state index contributed by atoms with van der Waals surface area (Å²) in [5.41, 5.74) is 6.44. The number of hydrogen-bond donors (Lipinski definition) is 3. The van der Waals surface area contributed by atoms with Gasteiger partial charge in [-0.3, -0.25) is 15.3 Å². The fourth-order valence-electron chi connectivity index (χ4n) is 2.49. The van der Waals surface area contributed by atoms with E-state index >= 15 is 0 Å². The molecule has 7 heteroatoms. The molecule has 1 heterocycles. The smallest absolute Gasteiger partial charge is 0.255 e. The molecule has 0 bridgehead atoms. The second kappa shape index (κ2) is 6.46. The molecule has 4 N–H and O–H groups in total. The van der Waals surface area contributed by atoms with Crippen molar-refractivity contribution in [3.05, 3.63) is 65.2 Å². The molecule has 0 aliphatic heterocycles. The number of rotatable bonds is 4. The van der Waals surface area contributed by atoms with Crippen molar-refractivity contribution >= 4 is 28.3 Å². The molecule has 0 fully saturated rings. The van der Waals surface area contributed by atoms with E-state index in [1.54, 1.807) is 12.1 Å². The standard InChI is InChI=1S/C18H15FN2O4/c1-9(22)10-3-2-4-11(7-10)18(24)21-15-13-8-12(19)5-6-14(13)25-16(15)17(20)23/h2-8,17,23H,20H2,1H3,(H,21,24). The summed E-state index contributed by atoms with van der Waals surface area (Å²) in [6.07, 6.45) is -1.49. The quantitative estimate of drug-likeness (QED) is 0.499. The Hall–Kier alpha value is -3.03. The number of hydrogen-bond acceptors (Lipinski definition) is 5. The number of benzene rings is 2. The number of aliphatic hydroxyl groups is 1. The number of amides is 1. The molecule has 0 saturated heterocycles. The van der Waals surface area contributed by atoms with Gasteiger partial charge in [-0.1, -0.05) is 12.1 Å². The number of halogens is 1. The number of fused-ring (bicyclic) bond motifs is 1. The average molecular weight is 342 g/mol. The van der Waals surface area contributed by atoms with E-state index in [-0.39, 0.29) is 33.8 Å². The first-order chi connectivity index (χ1) is 11.9. The SMILES string of the molecule is CC(=O)c1cccc(C(=O)Nc2c(C(N)O)oc3ccc(F)cc23)c1. The molecule has 0 spiro atoms. The van der Waals surface area contributed by atoms with Gasteiger partial charge in [-0.25, -0.2) is 4.39 Å². The van der Waals surface area contributed by atoms with E-state index in [1.165, 1.54) is 37.3 Å². The number of anilines is 1. The van der Waals surface area contributed by atoms with Gasteiger partial charge in [-0.15, -0.1) is 0 Å². The zero-order chi connectivity index (χ0) is 18.1. The van der Waals surface area contributed by atoms with E-state index in [9.17, 15) is 19.1 Å². The van der Waals surface area contributed by atoms with Gasteiger partial charge in [0.2, 0.25) is 0 Å². The van der Waals surface area contributed by atoms with Gasteiger partial charge < -0.3 is 14.8 Å². The Labute approximate surface area is 142 Å². The third-order valence-corrected chi connectivity index (χ3v) is 3.72. The molecule has 1 atom stereocenters. The van der Waals surface area contributed by atoms with Gasteiger partial charge in [-0.2, -0.15) is 0 Å². The van der Waals surface area contributed by atoms with Gasteiger partial charge >= 0.3 is 0 Å². The molecule has 0 radical (unpaired) electrons. The fraction of sp³-hybridized carbons (Fsp3) is 0.111. The lowest BCUT2D eigenvalue weighted by Gasteiger charge is -2.08. The summed E-state index contributed by atoms with van der Waals surface area (Å²) in [5, 5.41) is 12.5. The summed E-state index contributed by atoms with van der Waals surface area (Å²) >= 11 is 0. The van der Waals surface area contributed by atoms with Crippen LogP contribution in [0.4, 0.5) is 10.1 Å². The molecule has 3 aromatic rings. The predicted molar refractivity (Wildman–Crippen MR) is 89.7 cm³/mol. The van der Waals surface area contributed by atoms with Crippen LogP contribution in [0, 0.1) is 5.82 Å². The Morgan fingerprint density at radius 3 is 2.60 bits per heavy atom. The van der Waals surface area contributed by atoms with Gasteiger partial charge in [0.05, 0.1) is 5.69 Å². The monoisotopic (exact) mass is 342 g/mol. The normalized spacial score (nSPS) is 12.2. The van der Waals surface area contributed by atoms with Crippen LogP contribution >= 0.6 is 0 Å². The van der Waals surface area contributed by atoms with Crippen molar-refractivity contribution in [2.75, 3.05) is 5.32 Å². The number of nitrogens with two attached hydrogens (primary N) is 1. The van der Waals surface area contributed by atoms with Gasteiger partial charge in [0, 0.05) is 16.5 Å². The van der Waals surface area contributed by atoms with Crippen molar-refractivity contribution in [1.82, 2.24) is 0 Å². The van der Waals surface area contributed by atoms with Gasteiger partial charge in [0.1, 0.15) is 11.4 Å². The molecule has 2 aromatic carbocycles. The second-order valence-corrected chi connectivity index (χ2v) is 5.52. The van der Waals surface area contributed by atoms with Crippen molar-refractivity contribution in [3.63, 3.8) is 0 Å². The molecule has 0 aliphatic carbocycles. The Morgan fingerprint density at radius 2 is 1.92 bits per heavy atom. The van der Waals surface area contributed by atoms with Crippen LogP contribution in [-0.2, 0) is 0 Å². The van der Waals surface area contributed by atoms with Crippen molar-refractivity contribution < 1.29 is 23.5 Å². The Morgan fingerprint density at radius 1 is 1.20 bits per heavy atom. The maximum absolute atomic E-state index is 13.5. The molecule has 0 saturated carbocycles. The summed E-state index contributed by atoms with van der Waals surface area (Å²) in [4.78, 5) is 24.0. The molecule has 6 nitrogen and oxygen atoms in total. The number of Topliss-reactive ketones (excluding diaryl/α,β-unsaturated/α-hetero) is 1. The lowest BCUT2D eigenvalue weighted by molar-refractivity contribution is 0.101. The van der Waals surface area contributed by atoms with Gasteiger partial charge in [-0.05, 0) is 37.3 Å². The molecular formula is C18H15FN2O4. The van der Waals surface area contributed by atoms with E-state index in [2.05, 4.69) is 5.32 Å². The average Bonchev–Trinajstić information content (AvgIpc) is 2.93. The highest BCUT2D eigenvalue weighted by Gasteiger charge is 2.21. The zero-order valence-corrected chi connectivity index (χ0v) is 13.2. The van der Waals surface area contributed by atoms with Gasteiger partial charge in [0.15, 0.2) is 17.8 Å².